The monoisotopic (exact) mass is 266 g/mol. The highest BCUT2D eigenvalue weighted by molar-refractivity contribution is 5.58. The average molecular weight is 266 g/mol. The molecule has 0 saturated heterocycles. The molecule has 0 heterocycles. The molecule has 2 aromatic rings. The van der Waals surface area contributed by atoms with Gasteiger partial charge in [-0.3, -0.25) is 0 Å². The molecule has 0 aliphatic rings. The molecule has 2 rings (SSSR count). The SMILES string of the molecule is C#CC(COC(=O)O)(c1ccccc1)c1ccccc1. The summed E-state index contributed by atoms with van der Waals surface area (Å²) in [7, 11) is 0. The highest BCUT2D eigenvalue weighted by atomic mass is 16.7. The van der Waals surface area contributed by atoms with Gasteiger partial charge in [-0.15, -0.1) is 6.42 Å². The number of rotatable bonds is 4. The van der Waals surface area contributed by atoms with E-state index in [1.165, 1.54) is 0 Å². The van der Waals surface area contributed by atoms with Crippen LogP contribution in [0.1, 0.15) is 11.1 Å². The summed E-state index contributed by atoms with van der Waals surface area (Å²) in [6, 6.07) is 18.7. The molecule has 0 spiro atoms. The third-order valence-electron chi connectivity index (χ3n) is 3.19. The molecule has 100 valence electrons. The van der Waals surface area contributed by atoms with E-state index < -0.39 is 11.6 Å². The average Bonchev–Trinajstić information content (AvgIpc) is 2.50. The highest BCUT2D eigenvalue weighted by Gasteiger charge is 2.34. The van der Waals surface area contributed by atoms with E-state index >= 15 is 0 Å². The number of terminal acetylenes is 1. The number of benzene rings is 2. The lowest BCUT2D eigenvalue weighted by atomic mass is 9.76. The van der Waals surface area contributed by atoms with E-state index in [0.717, 1.165) is 11.1 Å². The first-order valence-electron chi connectivity index (χ1n) is 6.13. The topological polar surface area (TPSA) is 46.5 Å². The van der Waals surface area contributed by atoms with Crippen LogP contribution in [-0.4, -0.2) is 17.9 Å². The molecule has 2 aromatic carbocycles. The fraction of sp³-hybridized carbons (Fsp3) is 0.118. The van der Waals surface area contributed by atoms with Crippen LogP contribution in [0.25, 0.3) is 0 Å². The molecule has 0 bridgehead atoms. The quantitative estimate of drug-likeness (QED) is 0.682. The van der Waals surface area contributed by atoms with Crippen LogP contribution in [0.2, 0.25) is 0 Å². The maximum Gasteiger partial charge on any atom is 0.505 e. The number of carbonyl (C=O) groups is 1. The first-order valence-corrected chi connectivity index (χ1v) is 6.13. The molecule has 20 heavy (non-hydrogen) atoms. The fourth-order valence-electron chi connectivity index (χ4n) is 2.16. The second-order valence-corrected chi connectivity index (χ2v) is 4.34. The number of hydrogen-bond donors (Lipinski definition) is 1. The zero-order valence-electron chi connectivity index (χ0n) is 10.8. The largest absolute Gasteiger partial charge is 0.505 e. The summed E-state index contributed by atoms with van der Waals surface area (Å²) in [6.07, 6.45) is 4.40. The molecular weight excluding hydrogens is 252 g/mol. The smallest absolute Gasteiger partial charge is 0.450 e. The van der Waals surface area contributed by atoms with Crippen LogP contribution in [0, 0.1) is 12.3 Å². The summed E-state index contributed by atoms with van der Waals surface area (Å²) in [5.74, 6) is 2.72. The molecule has 0 radical (unpaired) electrons. The normalized spacial score (nSPS) is 10.6. The molecule has 1 N–H and O–H groups in total. The molecule has 0 aliphatic carbocycles. The van der Waals surface area contributed by atoms with Crippen LogP contribution in [0.5, 0.6) is 0 Å². The van der Waals surface area contributed by atoms with E-state index in [2.05, 4.69) is 5.92 Å². The van der Waals surface area contributed by atoms with E-state index in [1.54, 1.807) is 0 Å². The minimum Gasteiger partial charge on any atom is -0.450 e. The maximum atomic E-state index is 10.7. The summed E-state index contributed by atoms with van der Waals surface area (Å²) in [5.41, 5.74) is 0.742. The first kappa shape index (κ1) is 13.7. The van der Waals surface area contributed by atoms with Crippen molar-refractivity contribution in [3.05, 3.63) is 71.8 Å². The van der Waals surface area contributed by atoms with Crippen LogP contribution in [0.15, 0.2) is 60.7 Å². The Morgan fingerprint density at radius 1 is 1.05 bits per heavy atom. The zero-order chi connectivity index (χ0) is 14.4. The highest BCUT2D eigenvalue weighted by Crippen LogP contribution is 2.32. The molecule has 0 aliphatic heterocycles. The second-order valence-electron chi connectivity index (χ2n) is 4.34. The van der Waals surface area contributed by atoms with Gasteiger partial charge in [-0.05, 0) is 11.1 Å². The van der Waals surface area contributed by atoms with E-state index in [9.17, 15) is 4.79 Å². The molecule has 0 fully saturated rings. The summed E-state index contributed by atoms with van der Waals surface area (Å²) < 4.78 is 4.78. The molecule has 0 amide bonds. The molecule has 0 atom stereocenters. The number of carboxylic acid groups (broad SMARTS) is 1. The van der Waals surface area contributed by atoms with Crippen LogP contribution in [0.4, 0.5) is 4.79 Å². The second kappa shape index (κ2) is 5.94. The Kier molecular flexibility index (Phi) is 4.07. The van der Waals surface area contributed by atoms with Gasteiger partial charge in [-0.1, -0.05) is 66.6 Å². The molecule has 0 aromatic heterocycles. The van der Waals surface area contributed by atoms with Crippen LogP contribution in [-0.2, 0) is 10.2 Å². The lowest BCUT2D eigenvalue weighted by molar-refractivity contribution is 0.0824. The Morgan fingerprint density at radius 2 is 1.50 bits per heavy atom. The third-order valence-corrected chi connectivity index (χ3v) is 3.19. The lowest BCUT2D eigenvalue weighted by Crippen LogP contribution is -2.32. The zero-order valence-corrected chi connectivity index (χ0v) is 10.8. The van der Waals surface area contributed by atoms with E-state index in [1.807, 2.05) is 60.7 Å². The molecule has 3 heteroatoms. The summed E-state index contributed by atoms with van der Waals surface area (Å²) in [4.78, 5) is 10.7. The minimum atomic E-state index is -1.34. The van der Waals surface area contributed by atoms with Crippen LogP contribution < -0.4 is 0 Å². The third kappa shape index (κ3) is 2.65. The Labute approximate surface area is 117 Å². The van der Waals surface area contributed by atoms with Crippen molar-refractivity contribution in [2.75, 3.05) is 6.61 Å². The Bertz CT molecular complexity index is 572. The summed E-state index contributed by atoms with van der Waals surface area (Å²) in [6.45, 7) is -0.118. The van der Waals surface area contributed by atoms with Crippen molar-refractivity contribution in [1.29, 1.82) is 0 Å². The predicted molar refractivity (Wildman–Crippen MR) is 76.5 cm³/mol. The summed E-state index contributed by atoms with van der Waals surface area (Å²) >= 11 is 0. The van der Waals surface area contributed by atoms with Gasteiger partial charge in [0.25, 0.3) is 0 Å². The van der Waals surface area contributed by atoms with Gasteiger partial charge >= 0.3 is 6.16 Å². The van der Waals surface area contributed by atoms with E-state index in [4.69, 9.17) is 16.3 Å². The van der Waals surface area contributed by atoms with Crippen molar-refractivity contribution in [2.45, 2.75) is 5.41 Å². The minimum absolute atomic E-state index is 0.118. The molecule has 0 unspecified atom stereocenters. The van der Waals surface area contributed by atoms with Gasteiger partial charge in [0.15, 0.2) is 0 Å². The maximum absolute atomic E-state index is 10.7. The van der Waals surface area contributed by atoms with Crippen LogP contribution >= 0.6 is 0 Å². The molecule has 3 nitrogen and oxygen atoms in total. The Balaban J connectivity index is 2.53. The number of hydrogen-bond acceptors (Lipinski definition) is 2. The first-order chi connectivity index (χ1) is 9.69. The van der Waals surface area contributed by atoms with E-state index in [0.29, 0.717) is 0 Å². The van der Waals surface area contributed by atoms with E-state index in [-0.39, 0.29) is 6.61 Å². The Hall–Kier alpha value is -2.73. The van der Waals surface area contributed by atoms with Crippen molar-refractivity contribution < 1.29 is 14.6 Å². The van der Waals surface area contributed by atoms with Crippen molar-refractivity contribution in [2.24, 2.45) is 0 Å². The molecule has 0 saturated carbocycles. The summed E-state index contributed by atoms with van der Waals surface area (Å²) in [5, 5.41) is 8.78. The van der Waals surface area contributed by atoms with Crippen molar-refractivity contribution >= 4 is 6.16 Å². The van der Waals surface area contributed by atoms with Gasteiger partial charge < -0.3 is 9.84 Å². The van der Waals surface area contributed by atoms with Gasteiger partial charge in [0.1, 0.15) is 12.0 Å². The van der Waals surface area contributed by atoms with Gasteiger partial charge in [0.05, 0.1) is 0 Å². The van der Waals surface area contributed by atoms with Gasteiger partial charge in [0.2, 0.25) is 0 Å². The lowest BCUT2D eigenvalue weighted by Gasteiger charge is -2.28. The van der Waals surface area contributed by atoms with Gasteiger partial charge in [-0.2, -0.15) is 0 Å². The van der Waals surface area contributed by atoms with Gasteiger partial charge in [-0.25, -0.2) is 4.79 Å². The standard InChI is InChI=1S/C17H14O3/c1-2-17(13-20-16(18)19,14-9-5-3-6-10-14)15-11-7-4-8-12-15/h1,3-12H,13H2,(H,18,19). The van der Waals surface area contributed by atoms with Crippen molar-refractivity contribution in [3.63, 3.8) is 0 Å². The van der Waals surface area contributed by atoms with Crippen molar-refractivity contribution in [3.8, 4) is 12.3 Å². The fourth-order valence-corrected chi connectivity index (χ4v) is 2.16. The predicted octanol–water partition coefficient (Wildman–Crippen LogP) is 3.30. The molecular formula is C17H14O3. The van der Waals surface area contributed by atoms with Gasteiger partial charge in [0, 0.05) is 0 Å². The van der Waals surface area contributed by atoms with Crippen molar-refractivity contribution in [1.82, 2.24) is 0 Å². The van der Waals surface area contributed by atoms with Crippen LogP contribution in [0.3, 0.4) is 0 Å². The number of ether oxygens (including phenoxy) is 1. The Morgan fingerprint density at radius 3 is 1.85 bits per heavy atom.